The first-order chi connectivity index (χ1) is 11.8. The number of fused-ring (bicyclic) bond motifs is 2. The van der Waals surface area contributed by atoms with E-state index in [0.29, 0.717) is 10.6 Å². The van der Waals surface area contributed by atoms with Gasteiger partial charge >= 0.3 is 5.97 Å². The quantitative estimate of drug-likeness (QED) is 0.799. The van der Waals surface area contributed by atoms with Gasteiger partial charge in [0.15, 0.2) is 0 Å². The van der Waals surface area contributed by atoms with E-state index in [1.54, 1.807) is 6.20 Å². The average Bonchev–Trinajstić information content (AvgIpc) is 2.76. The minimum Gasteiger partial charge on any atom is -0.459 e. The van der Waals surface area contributed by atoms with Crippen molar-refractivity contribution in [3.05, 3.63) is 45.9 Å². The van der Waals surface area contributed by atoms with Gasteiger partial charge in [-0.25, -0.2) is 4.79 Å². The van der Waals surface area contributed by atoms with Crippen molar-refractivity contribution < 1.29 is 9.53 Å². The normalized spacial score (nSPS) is 19.2. The van der Waals surface area contributed by atoms with Crippen LogP contribution in [0.5, 0.6) is 0 Å². The van der Waals surface area contributed by atoms with Gasteiger partial charge in [0.25, 0.3) is 0 Å². The molecular weight excluding hydrogens is 336 g/mol. The van der Waals surface area contributed by atoms with Crippen molar-refractivity contribution in [2.45, 2.75) is 53.1 Å². The molecule has 3 rings (SSSR count). The molecule has 0 bridgehead atoms. The lowest BCUT2D eigenvalue weighted by Crippen LogP contribution is -2.27. The Morgan fingerprint density at radius 3 is 2.84 bits per heavy atom. The molecule has 2 aliphatic rings. The number of hydrogen-bond donors (Lipinski definition) is 1. The fourth-order valence-corrected chi connectivity index (χ4v) is 3.85. The number of ether oxygens (including phenoxy) is 1. The van der Waals surface area contributed by atoms with Gasteiger partial charge in [-0.05, 0) is 50.3 Å². The Kier molecular flexibility index (Phi) is 4.92. The molecule has 134 valence electrons. The number of carbonyl (C=O) groups is 1. The molecule has 1 aliphatic carbocycles. The van der Waals surface area contributed by atoms with Gasteiger partial charge in [0.05, 0.1) is 16.7 Å². The zero-order valence-corrected chi connectivity index (χ0v) is 16.0. The van der Waals surface area contributed by atoms with Gasteiger partial charge in [0, 0.05) is 35.6 Å². The molecule has 1 aromatic rings. The SMILES string of the molecule is CC(C)OC(=O)C1=CNCC(C)(C)C2=C1CCCc1ncc(Cl)cc12. The van der Waals surface area contributed by atoms with E-state index in [4.69, 9.17) is 16.3 Å². The molecule has 5 heteroatoms. The van der Waals surface area contributed by atoms with Crippen LogP contribution < -0.4 is 5.32 Å². The summed E-state index contributed by atoms with van der Waals surface area (Å²) in [6.07, 6.45) is 6.03. The number of rotatable bonds is 2. The molecule has 1 N–H and O–H groups in total. The van der Waals surface area contributed by atoms with Crippen molar-refractivity contribution in [1.82, 2.24) is 10.3 Å². The van der Waals surface area contributed by atoms with Crippen LogP contribution >= 0.6 is 11.6 Å². The molecule has 4 nitrogen and oxygen atoms in total. The Morgan fingerprint density at radius 2 is 2.12 bits per heavy atom. The molecule has 0 spiro atoms. The maximum absolute atomic E-state index is 12.7. The molecule has 0 aromatic carbocycles. The maximum atomic E-state index is 12.7. The van der Waals surface area contributed by atoms with E-state index >= 15 is 0 Å². The van der Waals surface area contributed by atoms with Crippen LogP contribution in [0.2, 0.25) is 5.02 Å². The van der Waals surface area contributed by atoms with Crippen LogP contribution in [0.1, 0.15) is 51.8 Å². The van der Waals surface area contributed by atoms with E-state index in [2.05, 4.69) is 24.1 Å². The summed E-state index contributed by atoms with van der Waals surface area (Å²) in [7, 11) is 0. The summed E-state index contributed by atoms with van der Waals surface area (Å²) in [6, 6.07) is 1.99. The Labute approximate surface area is 154 Å². The third-order valence-electron chi connectivity index (χ3n) is 4.70. The first-order valence-electron chi connectivity index (χ1n) is 8.83. The largest absolute Gasteiger partial charge is 0.459 e. The Balaban J connectivity index is 2.21. The maximum Gasteiger partial charge on any atom is 0.340 e. The lowest BCUT2D eigenvalue weighted by atomic mass is 9.76. The first-order valence-corrected chi connectivity index (χ1v) is 9.20. The van der Waals surface area contributed by atoms with E-state index < -0.39 is 0 Å². The average molecular weight is 361 g/mol. The molecule has 1 aliphatic heterocycles. The summed E-state index contributed by atoms with van der Waals surface area (Å²) in [6.45, 7) is 8.85. The van der Waals surface area contributed by atoms with Crippen LogP contribution in [0.4, 0.5) is 0 Å². The number of esters is 1. The number of pyridine rings is 1. The number of halogens is 1. The minimum absolute atomic E-state index is 0.150. The lowest BCUT2D eigenvalue weighted by molar-refractivity contribution is -0.142. The van der Waals surface area contributed by atoms with Crippen molar-refractivity contribution in [3.63, 3.8) is 0 Å². The van der Waals surface area contributed by atoms with Gasteiger partial charge in [0.2, 0.25) is 0 Å². The van der Waals surface area contributed by atoms with Gasteiger partial charge in [-0.15, -0.1) is 0 Å². The summed E-state index contributed by atoms with van der Waals surface area (Å²) in [5.41, 5.74) is 4.81. The van der Waals surface area contributed by atoms with Crippen LogP contribution in [0.15, 0.2) is 29.6 Å². The molecule has 0 saturated carbocycles. The Hall–Kier alpha value is -1.81. The van der Waals surface area contributed by atoms with E-state index in [-0.39, 0.29) is 17.5 Å². The second-order valence-electron chi connectivity index (χ2n) is 7.63. The highest BCUT2D eigenvalue weighted by Gasteiger charge is 2.35. The lowest BCUT2D eigenvalue weighted by Gasteiger charge is -2.29. The molecular formula is C20H25ClN2O2. The van der Waals surface area contributed by atoms with Gasteiger partial charge in [-0.3, -0.25) is 4.98 Å². The Bertz CT molecular complexity index is 763. The summed E-state index contributed by atoms with van der Waals surface area (Å²) >= 11 is 6.26. The predicted molar refractivity (Wildman–Crippen MR) is 100 cm³/mol. The minimum atomic E-state index is -0.272. The summed E-state index contributed by atoms with van der Waals surface area (Å²) in [5, 5.41) is 3.93. The number of hydrogen-bond acceptors (Lipinski definition) is 4. The number of aromatic nitrogens is 1. The number of carbonyl (C=O) groups excluding carboxylic acids is 1. The Morgan fingerprint density at radius 1 is 1.36 bits per heavy atom. The molecule has 0 radical (unpaired) electrons. The molecule has 2 heterocycles. The van der Waals surface area contributed by atoms with Crippen LogP contribution in [0.25, 0.3) is 5.57 Å². The molecule has 0 unspecified atom stereocenters. The van der Waals surface area contributed by atoms with Crippen LogP contribution in [-0.4, -0.2) is 23.6 Å². The fourth-order valence-electron chi connectivity index (χ4n) is 3.69. The van der Waals surface area contributed by atoms with Crippen molar-refractivity contribution >= 4 is 23.1 Å². The van der Waals surface area contributed by atoms with E-state index in [1.165, 1.54) is 0 Å². The first kappa shape index (κ1) is 18.0. The molecule has 25 heavy (non-hydrogen) atoms. The third-order valence-corrected chi connectivity index (χ3v) is 4.91. The molecule has 0 fully saturated rings. The second-order valence-corrected chi connectivity index (χ2v) is 8.07. The van der Waals surface area contributed by atoms with Crippen LogP contribution in [-0.2, 0) is 16.0 Å². The summed E-state index contributed by atoms with van der Waals surface area (Å²) < 4.78 is 5.49. The van der Waals surface area contributed by atoms with Gasteiger partial charge < -0.3 is 10.1 Å². The topological polar surface area (TPSA) is 51.2 Å². The molecule has 0 amide bonds. The third kappa shape index (κ3) is 3.59. The van der Waals surface area contributed by atoms with E-state index in [9.17, 15) is 4.79 Å². The second kappa shape index (κ2) is 6.83. The standard InChI is InChI=1S/C20H25ClN2O2/c1-12(2)25-19(24)16-10-22-11-20(3,4)18-14(16)6-5-7-17-15(18)8-13(21)9-23-17/h8-10,12,22H,5-7,11H2,1-4H3. The van der Waals surface area contributed by atoms with Gasteiger partial charge in [-0.2, -0.15) is 0 Å². The number of aryl methyl sites for hydroxylation is 1. The molecule has 1 aromatic heterocycles. The van der Waals surface area contributed by atoms with Crippen LogP contribution in [0.3, 0.4) is 0 Å². The van der Waals surface area contributed by atoms with Crippen molar-refractivity contribution in [2.75, 3.05) is 6.54 Å². The van der Waals surface area contributed by atoms with Crippen molar-refractivity contribution in [1.29, 1.82) is 0 Å². The zero-order chi connectivity index (χ0) is 18.2. The van der Waals surface area contributed by atoms with Crippen LogP contribution in [0, 0.1) is 5.41 Å². The van der Waals surface area contributed by atoms with Gasteiger partial charge in [0.1, 0.15) is 0 Å². The molecule has 0 saturated heterocycles. The zero-order valence-electron chi connectivity index (χ0n) is 15.3. The van der Waals surface area contributed by atoms with E-state index in [0.717, 1.165) is 48.2 Å². The van der Waals surface area contributed by atoms with Crippen molar-refractivity contribution in [3.8, 4) is 0 Å². The highest BCUT2D eigenvalue weighted by molar-refractivity contribution is 6.30. The predicted octanol–water partition coefficient (Wildman–Crippen LogP) is 4.29. The monoisotopic (exact) mass is 360 g/mol. The smallest absolute Gasteiger partial charge is 0.340 e. The van der Waals surface area contributed by atoms with Gasteiger partial charge in [-0.1, -0.05) is 25.4 Å². The summed E-state index contributed by atoms with van der Waals surface area (Å²) in [4.78, 5) is 17.3. The van der Waals surface area contributed by atoms with E-state index in [1.807, 2.05) is 26.1 Å². The summed E-state index contributed by atoms with van der Waals surface area (Å²) in [5.74, 6) is -0.272. The number of nitrogens with one attached hydrogen (secondary N) is 1. The molecule has 0 atom stereocenters. The fraction of sp³-hybridized carbons (Fsp3) is 0.500. The van der Waals surface area contributed by atoms with Crippen molar-refractivity contribution in [2.24, 2.45) is 5.41 Å². The highest BCUT2D eigenvalue weighted by atomic mass is 35.5. The highest BCUT2D eigenvalue weighted by Crippen LogP contribution is 2.45. The number of nitrogens with zero attached hydrogens (tertiary/aromatic N) is 1.